The van der Waals surface area contributed by atoms with Crippen LogP contribution in [0.25, 0.3) is 33.1 Å². The highest BCUT2D eigenvalue weighted by Crippen LogP contribution is 2.39. The van der Waals surface area contributed by atoms with E-state index < -0.39 is 0 Å². The maximum absolute atomic E-state index is 12.7. The summed E-state index contributed by atoms with van der Waals surface area (Å²) in [5, 5.41) is 0.929. The van der Waals surface area contributed by atoms with Crippen molar-refractivity contribution in [2.45, 2.75) is 31.6 Å². The third-order valence-corrected chi connectivity index (χ3v) is 7.07. The largest absolute Gasteiger partial charge is 0.478 e. The molecule has 4 aromatic rings. The Morgan fingerprint density at radius 2 is 1.94 bits per heavy atom. The van der Waals surface area contributed by atoms with E-state index in [9.17, 15) is 4.79 Å². The minimum absolute atomic E-state index is 0.131. The lowest BCUT2D eigenvalue weighted by atomic mass is 9.78. The van der Waals surface area contributed by atoms with Crippen molar-refractivity contribution in [1.29, 1.82) is 0 Å². The fraction of sp³-hybridized carbons (Fsp3) is 0.444. The van der Waals surface area contributed by atoms with Gasteiger partial charge >= 0.3 is 5.69 Å². The van der Waals surface area contributed by atoms with Crippen LogP contribution in [0.5, 0.6) is 5.88 Å². The molecule has 3 aromatic heterocycles. The smallest absolute Gasteiger partial charge is 0.326 e. The molecule has 0 spiro atoms. The molecule has 1 aliphatic heterocycles. The Hall–Kier alpha value is -3.23. The first kappa shape index (κ1) is 23.5. The van der Waals surface area contributed by atoms with Crippen LogP contribution in [0.15, 0.2) is 41.3 Å². The normalized spacial score (nSPS) is 15.8. The lowest BCUT2D eigenvalue weighted by Gasteiger charge is -2.33. The van der Waals surface area contributed by atoms with Crippen molar-refractivity contribution in [2.75, 3.05) is 40.5 Å². The van der Waals surface area contributed by atoms with Crippen molar-refractivity contribution in [3.63, 3.8) is 0 Å². The molecule has 0 unspecified atom stereocenters. The molecule has 1 saturated heterocycles. The number of pyridine rings is 2. The zero-order valence-corrected chi connectivity index (χ0v) is 20.9. The molecule has 5 rings (SSSR count). The monoisotopic (exact) mass is 475 g/mol. The van der Waals surface area contributed by atoms with Crippen molar-refractivity contribution < 1.29 is 9.47 Å². The minimum Gasteiger partial charge on any atom is -0.478 e. The van der Waals surface area contributed by atoms with Crippen molar-refractivity contribution in [1.82, 2.24) is 24.4 Å². The summed E-state index contributed by atoms with van der Waals surface area (Å²) in [5.74, 6) is 0.624. The van der Waals surface area contributed by atoms with Gasteiger partial charge in [0.2, 0.25) is 5.88 Å². The predicted molar refractivity (Wildman–Crippen MR) is 138 cm³/mol. The minimum atomic E-state index is -0.137. The number of H-pyrrole nitrogens is 1. The summed E-state index contributed by atoms with van der Waals surface area (Å²) in [4.78, 5) is 27.5. The maximum Gasteiger partial charge on any atom is 0.326 e. The van der Waals surface area contributed by atoms with Crippen molar-refractivity contribution in [3.8, 4) is 17.0 Å². The van der Waals surface area contributed by atoms with Crippen molar-refractivity contribution >= 4 is 21.9 Å². The predicted octanol–water partition coefficient (Wildman–Crippen LogP) is 3.88. The molecule has 8 nitrogen and oxygen atoms in total. The fourth-order valence-electron chi connectivity index (χ4n) is 4.85. The van der Waals surface area contributed by atoms with E-state index in [1.807, 2.05) is 31.4 Å². The number of aromatic nitrogens is 4. The Morgan fingerprint density at radius 1 is 1.17 bits per heavy atom. The molecule has 0 atom stereocenters. The molecule has 1 N–H and O–H groups in total. The maximum atomic E-state index is 12.7. The van der Waals surface area contributed by atoms with Crippen LogP contribution in [-0.2, 0) is 17.2 Å². The number of hydrogen-bond acceptors (Lipinski definition) is 6. The summed E-state index contributed by atoms with van der Waals surface area (Å²) in [6.45, 7) is 5.26. The van der Waals surface area contributed by atoms with Gasteiger partial charge in [-0.1, -0.05) is 13.0 Å². The van der Waals surface area contributed by atoms with E-state index in [1.165, 1.54) is 0 Å². The van der Waals surface area contributed by atoms with Crippen LogP contribution in [0.3, 0.4) is 0 Å². The van der Waals surface area contributed by atoms with Gasteiger partial charge in [0.1, 0.15) is 0 Å². The number of fused-ring (bicyclic) bond motifs is 3. The van der Waals surface area contributed by atoms with E-state index in [0.717, 1.165) is 64.6 Å². The highest BCUT2D eigenvalue weighted by molar-refractivity contribution is 6.05. The Bertz CT molecular complexity index is 1400. The Labute approximate surface area is 204 Å². The van der Waals surface area contributed by atoms with Crippen LogP contribution in [0.1, 0.15) is 31.9 Å². The summed E-state index contributed by atoms with van der Waals surface area (Å²) in [5.41, 5.74) is 5.29. The molecular formula is C27H33N5O3. The standard InChI is InChI=1S/C27H33N5O3/c1-27(10-14-34-15-11-27)25-24-23(30-26(33)32(24)4)20-16-18(6-8-21(20)29-25)19-7-9-22(28-17-19)35-13-5-12-31(2)3/h6-9,16-17H,5,10-15H2,1-4H3,(H,30,33). The summed E-state index contributed by atoms with van der Waals surface area (Å²) >= 11 is 0. The number of hydrogen-bond donors (Lipinski definition) is 1. The Kier molecular flexibility index (Phi) is 6.34. The van der Waals surface area contributed by atoms with E-state index in [1.54, 1.807) is 4.57 Å². The van der Waals surface area contributed by atoms with Crippen LogP contribution in [0.2, 0.25) is 0 Å². The van der Waals surface area contributed by atoms with E-state index >= 15 is 0 Å². The third-order valence-electron chi connectivity index (χ3n) is 7.07. The van der Waals surface area contributed by atoms with Crippen LogP contribution >= 0.6 is 0 Å². The number of rotatable bonds is 7. The molecule has 0 aliphatic carbocycles. The number of aromatic amines is 1. The lowest BCUT2D eigenvalue weighted by molar-refractivity contribution is 0.0555. The number of imidazole rings is 1. The zero-order chi connectivity index (χ0) is 24.6. The molecule has 0 radical (unpaired) electrons. The second-order valence-electron chi connectivity index (χ2n) is 9.97. The third kappa shape index (κ3) is 4.56. The Morgan fingerprint density at radius 3 is 2.66 bits per heavy atom. The average molecular weight is 476 g/mol. The van der Waals surface area contributed by atoms with E-state index in [-0.39, 0.29) is 11.1 Å². The molecule has 4 heterocycles. The van der Waals surface area contributed by atoms with E-state index in [0.29, 0.717) is 25.7 Å². The highest BCUT2D eigenvalue weighted by atomic mass is 16.5. The molecule has 1 fully saturated rings. The first-order valence-electron chi connectivity index (χ1n) is 12.2. The molecule has 1 aliphatic rings. The van der Waals surface area contributed by atoms with Crippen LogP contribution < -0.4 is 10.4 Å². The summed E-state index contributed by atoms with van der Waals surface area (Å²) < 4.78 is 13.1. The van der Waals surface area contributed by atoms with Crippen LogP contribution in [-0.4, -0.2) is 64.9 Å². The number of ether oxygens (including phenoxy) is 2. The number of nitrogens with zero attached hydrogens (tertiary/aromatic N) is 4. The number of nitrogens with one attached hydrogen (secondary N) is 1. The summed E-state index contributed by atoms with van der Waals surface area (Å²) in [6, 6.07) is 10.1. The van der Waals surface area contributed by atoms with Gasteiger partial charge in [-0.25, -0.2) is 14.8 Å². The fourth-order valence-corrected chi connectivity index (χ4v) is 4.85. The molecule has 0 amide bonds. The number of aryl methyl sites for hydroxylation is 1. The first-order valence-corrected chi connectivity index (χ1v) is 12.2. The second kappa shape index (κ2) is 9.43. The van der Waals surface area contributed by atoms with Gasteiger partial charge < -0.3 is 19.4 Å². The van der Waals surface area contributed by atoms with Gasteiger partial charge in [-0.3, -0.25) is 4.57 Å². The Balaban J connectivity index is 1.51. The van der Waals surface area contributed by atoms with E-state index in [4.69, 9.17) is 14.5 Å². The summed E-state index contributed by atoms with van der Waals surface area (Å²) in [7, 11) is 5.92. The zero-order valence-electron chi connectivity index (χ0n) is 20.9. The molecule has 184 valence electrons. The summed E-state index contributed by atoms with van der Waals surface area (Å²) in [6.07, 6.45) is 4.55. The van der Waals surface area contributed by atoms with Crippen LogP contribution in [0.4, 0.5) is 0 Å². The van der Waals surface area contributed by atoms with Gasteiger partial charge in [0.15, 0.2) is 0 Å². The highest BCUT2D eigenvalue weighted by Gasteiger charge is 2.34. The number of benzene rings is 1. The first-order chi connectivity index (χ1) is 16.9. The molecule has 0 bridgehead atoms. The second-order valence-corrected chi connectivity index (χ2v) is 9.97. The molecule has 8 heteroatoms. The molecular weight excluding hydrogens is 442 g/mol. The van der Waals surface area contributed by atoms with Gasteiger partial charge in [-0.2, -0.15) is 0 Å². The quantitative estimate of drug-likeness (QED) is 0.409. The van der Waals surface area contributed by atoms with Crippen molar-refractivity contribution in [2.24, 2.45) is 7.05 Å². The van der Waals surface area contributed by atoms with Gasteiger partial charge in [0.25, 0.3) is 0 Å². The van der Waals surface area contributed by atoms with Gasteiger partial charge in [0, 0.05) is 55.4 Å². The topological polar surface area (TPSA) is 85.3 Å². The van der Waals surface area contributed by atoms with Gasteiger partial charge in [-0.05, 0) is 57.1 Å². The van der Waals surface area contributed by atoms with Gasteiger partial charge in [0.05, 0.1) is 28.9 Å². The van der Waals surface area contributed by atoms with E-state index in [2.05, 4.69) is 48.0 Å². The SMILES string of the molecule is CN(C)CCCOc1ccc(-c2ccc3nc(C4(C)CCOCC4)c4c([nH]c(=O)n4C)c3c2)cn1. The van der Waals surface area contributed by atoms with Gasteiger partial charge in [-0.15, -0.1) is 0 Å². The van der Waals surface area contributed by atoms with Crippen molar-refractivity contribution in [3.05, 3.63) is 52.7 Å². The molecule has 35 heavy (non-hydrogen) atoms. The average Bonchev–Trinajstić information content (AvgIpc) is 3.16. The molecule has 1 aromatic carbocycles. The lowest BCUT2D eigenvalue weighted by Crippen LogP contribution is -2.32. The van der Waals surface area contributed by atoms with Crippen LogP contribution in [0, 0.1) is 0 Å². The molecule has 0 saturated carbocycles.